The quantitative estimate of drug-likeness (QED) is 0.551. The van der Waals surface area contributed by atoms with E-state index in [9.17, 15) is 13.2 Å². The minimum Gasteiger partial charge on any atom is -0.493 e. The third-order valence-electron chi connectivity index (χ3n) is 5.93. The summed E-state index contributed by atoms with van der Waals surface area (Å²) in [6.45, 7) is 0. The zero-order valence-corrected chi connectivity index (χ0v) is 18.7. The Morgan fingerprint density at radius 3 is 2.12 bits per heavy atom. The second-order valence-corrected chi connectivity index (χ2v) is 9.49. The van der Waals surface area contributed by atoms with Crippen LogP contribution < -0.4 is 0 Å². The highest BCUT2D eigenvalue weighted by Gasteiger charge is 2.63. The minimum absolute atomic E-state index is 0.0191. The van der Waals surface area contributed by atoms with Crippen LogP contribution in [0, 0.1) is 0 Å². The first kappa shape index (κ1) is 21.9. The van der Waals surface area contributed by atoms with Gasteiger partial charge in [0.05, 0.1) is 19.1 Å². The number of ether oxygens (including phenoxy) is 3. The van der Waals surface area contributed by atoms with E-state index >= 15 is 0 Å². The number of hydrogen-bond acceptors (Lipinski definition) is 6. The Bertz CT molecular complexity index is 1320. The molecule has 7 nitrogen and oxygen atoms in total. The van der Waals surface area contributed by atoms with Gasteiger partial charge in [0.15, 0.2) is 26.1 Å². The van der Waals surface area contributed by atoms with Crippen LogP contribution in [0.5, 0.6) is 0 Å². The zero-order chi connectivity index (χ0) is 23.0. The Kier molecular flexibility index (Phi) is 5.44. The molecule has 1 aliphatic rings. The van der Waals surface area contributed by atoms with Gasteiger partial charge in [0, 0.05) is 35.8 Å². The van der Waals surface area contributed by atoms with E-state index in [2.05, 4.69) is 4.98 Å². The zero-order valence-electron chi connectivity index (χ0n) is 17.9. The molecule has 166 valence electrons. The number of hydrogen-bond donors (Lipinski definition) is 1. The molecule has 32 heavy (non-hydrogen) atoms. The number of carbonyl (C=O) groups is 1. The molecule has 0 fully saturated rings. The standard InChI is InChI=1S/C24H23NO6S/c1-29-21-13-23(16-26,32(27,28)17-9-5-4-6-10-17)24(31-3,14-22(21)30-2)19-15-25-20-12-8-7-11-18(19)20/h4-16,25H,1-3H3. The fraction of sp³-hybridized carbons (Fsp3) is 0.208. The van der Waals surface area contributed by atoms with Crippen molar-refractivity contribution in [1.82, 2.24) is 4.98 Å². The van der Waals surface area contributed by atoms with Gasteiger partial charge in [-0.3, -0.25) is 0 Å². The van der Waals surface area contributed by atoms with Gasteiger partial charge in [-0.2, -0.15) is 0 Å². The van der Waals surface area contributed by atoms with Crippen molar-refractivity contribution in [3.8, 4) is 0 Å². The van der Waals surface area contributed by atoms with Crippen molar-refractivity contribution in [3.63, 3.8) is 0 Å². The van der Waals surface area contributed by atoms with Gasteiger partial charge < -0.3 is 24.0 Å². The van der Waals surface area contributed by atoms with Gasteiger partial charge in [0.2, 0.25) is 0 Å². The van der Waals surface area contributed by atoms with Gasteiger partial charge in [0.1, 0.15) is 11.9 Å². The summed E-state index contributed by atoms with van der Waals surface area (Å²) in [5.74, 6) is 0.368. The second kappa shape index (κ2) is 7.96. The number of aromatic amines is 1. The molecule has 8 heteroatoms. The molecular formula is C24H23NO6S. The summed E-state index contributed by atoms with van der Waals surface area (Å²) < 4.78 is 42.9. The van der Waals surface area contributed by atoms with Crippen LogP contribution in [0.25, 0.3) is 10.9 Å². The molecule has 0 bridgehead atoms. The molecule has 1 N–H and O–H groups in total. The molecule has 0 amide bonds. The number of sulfone groups is 1. The number of rotatable bonds is 7. The van der Waals surface area contributed by atoms with Crippen LogP contribution in [-0.4, -0.2) is 45.8 Å². The summed E-state index contributed by atoms with van der Waals surface area (Å²) in [5.41, 5.74) is -0.510. The lowest BCUT2D eigenvalue weighted by Gasteiger charge is -2.44. The van der Waals surface area contributed by atoms with E-state index in [-0.39, 0.29) is 16.4 Å². The number of benzene rings is 2. The normalized spacial score (nSPS) is 23.3. The molecule has 1 heterocycles. The molecule has 0 radical (unpaired) electrons. The summed E-state index contributed by atoms with van der Waals surface area (Å²) in [6.07, 6.45) is 4.83. The molecule has 0 aliphatic heterocycles. The Morgan fingerprint density at radius 2 is 1.50 bits per heavy atom. The highest BCUT2D eigenvalue weighted by molar-refractivity contribution is 7.93. The smallest absolute Gasteiger partial charge is 0.198 e. The maximum atomic E-state index is 14.1. The summed E-state index contributed by atoms with van der Waals surface area (Å²) in [6, 6.07) is 15.2. The fourth-order valence-electron chi connectivity index (χ4n) is 4.31. The SMILES string of the molecule is COC1=CC(OC)(c2c[nH]c3ccccc23)C(C=O)(S(=O)(=O)c2ccccc2)C=C1OC. The summed E-state index contributed by atoms with van der Waals surface area (Å²) >= 11 is 0. The predicted molar refractivity (Wildman–Crippen MR) is 120 cm³/mol. The van der Waals surface area contributed by atoms with Crippen molar-refractivity contribution < 1.29 is 27.4 Å². The van der Waals surface area contributed by atoms with Gasteiger partial charge in [-0.05, 0) is 24.3 Å². The third-order valence-corrected chi connectivity index (χ3v) is 8.23. The lowest BCUT2D eigenvalue weighted by molar-refractivity contribution is -0.115. The van der Waals surface area contributed by atoms with Crippen LogP contribution in [0.2, 0.25) is 0 Å². The van der Waals surface area contributed by atoms with Crippen LogP contribution in [0.1, 0.15) is 5.56 Å². The molecule has 0 saturated heterocycles. The third kappa shape index (κ3) is 2.83. The Balaban J connectivity index is 2.15. The fourth-order valence-corrected chi connectivity index (χ4v) is 6.26. The summed E-state index contributed by atoms with van der Waals surface area (Å²) in [4.78, 5) is 16.0. The van der Waals surface area contributed by atoms with E-state index in [1.807, 2.05) is 24.3 Å². The highest BCUT2D eigenvalue weighted by atomic mass is 32.2. The van der Waals surface area contributed by atoms with Crippen LogP contribution in [-0.2, 0) is 34.4 Å². The molecule has 2 aromatic carbocycles. The van der Waals surface area contributed by atoms with Crippen LogP contribution >= 0.6 is 0 Å². The first-order valence-corrected chi connectivity index (χ1v) is 11.3. The maximum absolute atomic E-state index is 14.1. The molecule has 2 unspecified atom stereocenters. The summed E-state index contributed by atoms with van der Waals surface area (Å²) in [5, 5.41) is 0.713. The first-order chi connectivity index (χ1) is 15.4. The van der Waals surface area contributed by atoms with Gasteiger partial charge in [-0.15, -0.1) is 0 Å². The maximum Gasteiger partial charge on any atom is 0.198 e. The molecule has 1 aliphatic carbocycles. The Morgan fingerprint density at radius 1 is 0.875 bits per heavy atom. The Hall–Kier alpha value is -3.36. The van der Waals surface area contributed by atoms with Crippen molar-refractivity contribution >= 4 is 27.0 Å². The van der Waals surface area contributed by atoms with E-state index in [0.29, 0.717) is 17.2 Å². The van der Waals surface area contributed by atoms with Crippen LogP contribution in [0.4, 0.5) is 0 Å². The van der Waals surface area contributed by atoms with Crippen molar-refractivity contribution in [2.45, 2.75) is 15.2 Å². The number of H-pyrrole nitrogens is 1. The topological polar surface area (TPSA) is 94.7 Å². The van der Waals surface area contributed by atoms with Crippen molar-refractivity contribution in [3.05, 3.63) is 90.0 Å². The molecular weight excluding hydrogens is 430 g/mol. The van der Waals surface area contributed by atoms with E-state index in [1.165, 1.54) is 45.6 Å². The van der Waals surface area contributed by atoms with Gasteiger partial charge in [-0.25, -0.2) is 8.42 Å². The number of nitrogens with one attached hydrogen (secondary N) is 1. The number of aromatic nitrogens is 1. The van der Waals surface area contributed by atoms with Gasteiger partial charge >= 0.3 is 0 Å². The molecule has 0 spiro atoms. The van der Waals surface area contributed by atoms with E-state index in [0.717, 1.165) is 5.52 Å². The predicted octanol–water partition coefficient (Wildman–Crippen LogP) is 3.50. The highest BCUT2D eigenvalue weighted by Crippen LogP contribution is 2.51. The molecule has 1 aromatic heterocycles. The van der Waals surface area contributed by atoms with Crippen molar-refractivity contribution in [1.29, 1.82) is 0 Å². The Labute approximate surface area is 186 Å². The van der Waals surface area contributed by atoms with Gasteiger partial charge in [-0.1, -0.05) is 36.4 Å². The number of para-hydroxylation sites is 1. The lowest BCUT2D eigenvalue weighted by atomic mass is 9.77. The summed E-state index contributed by atoms with van der Waals surface area (Å²) in [7, 11) is -0.133. The molecule has 0 saturated carbocycles. The number of methoxy groups -OCH3 is 3. The van der Waals surface area contributed by atoms with E-state index in [1.54, 1.807) is 24.4 Å². The molecule has 2 atom stereocenters. The number of aldehydes is 1. The number of fused-ring (bicyclic) bond motifs is 1. The number of carbonyl (C=O) groups excluding carboxylic acids is 1. The van der Waals surface area contributed by atoms with Crippen LogP contribution in [0.3, 0.4) is 0 Å². The second-order valence-electron chi connectivity index (χ2n) is 7.34. The largest absolute Gasteiger partial charge is 0.493 e. The van der Waals surface area contributed by atoms with E-state index < -0.39 is 20.2 Å². The van der Waals surface area contributed by atoms with Crippen LogP contribution in [0.15, 0.2) is 89.4 Å². The average Bonchev–Trinajstić information content (AvgIpc) is 3.28. The monoisotopic (exact) mass is 453 g/mol. The lowest BCUT2D eigenvalue weighted by Crippen LogP contribution is -2.58. The van der Waals surface area contributed by atoms with Crippen molar-refractivity contribution in [2.75, 3.05) is 21.3 Å². The molecule has 4 rings (SSSR count). The molecule has 3 aromatic rings. The average molecular weight is 454 g/mol. The first-order valence-electron chi connectivity index (χ1n) is 9.82. The van der Waals surface area contributed by atoms with Crippen molar-refractivity contribution in [2.24, 2.45) is 0 Å². The van der Waals surface area contributed by atoms with Gasteiger partial charge in [0.25, 0.3) is 0 Å². The van der Waals surface area contributed by atoms with E-state index in [4.69, 9.17) is 14.2 Å². The minimum atomic E-state index is -4.33.